The third-order valence-corrected chi connectivity index (χ3v) is 6.69. The minimum absolute atomic E-state index is 0.0593. The maximum atomic E-state index is 10.00. The van der Waals surface area contributed by atoms with Crippen molar-refractivity contribution in [3.63, 3.8) is 0 Å². The number of nitrogens with one attached hydrogen (secondary N) is 2. The van der Waals surface area contributed by atoms with Crippen LogP contribution in [0.25, 0.3) is 0 Å². The number of phenolic OH excluding ortho intramolecular Hbond substituents is 1. The van der Waals surface area contributed by atoms with E-state index in [0.717, 1.165) is 69.5 Å². The highest BCUT2D eigenvalue weighted by atomic mass is 16.5. The van der Waals surface area contributed by atoms with Crippen molar-refractivity contribution < 1.29 is 14.6 Å². The zero-order valence-electron chi connectivity index (χ0n) is 22.9. The van der Waals surface area contributed by atoms with Crippen LogP contribution in [0.15, 0.2) is 47.6 Å². The van der Waals surface area contributed by atoms with Crippen LogP contribution in [-0.4, -0.2) is 86.5 Å². The zero-order chi connectivity index (χ0) is 27.9. The summed E-state index contributed by atoms with van der Waals surface area (Å²) in [5, 5.41) is 22.9. The number of ether oxygens (including phenoxy) is 1. The van der Waals surface area contributed by atoms with Gasteiger partial charge in [-0.25, -0.2) is 0 Å². The lowest BCUT2D eigenvalue weighted by Crippen LogP contribution is -2.50. The summed E-state index contributed by atoms with van der Waals surface area (Å²) in [6, 6.07) is 13.0. The van der Waals surface area contributed by atoms with E-state index in [9.17, 15) is 4.91 Å². The number of benzene rings is 2. The Balaban J connectivity index is 0.000000327. The molecule has 0 amide bonds. The number of likely N-dealkylation sites (tertiary alicyclic amines) is 1. The fraction of sp³-hybridized carbons (Fsp3) is 0.500. The van der Waals surface area contributed by atoms with Crippen molar-refractivity contribution in [1.29, 1.82) is 5.41 Å². The van der Waals surface area contributed by atoms with Crippen LogP contribution in [-0.2, 0) is 4.79 Å². The second-order valence-corrected chi connectivity index (χ2v) is 9.28. The molecule has 0 aromatic heterocycles. The van der Waals surface area contributed by atoms with Crippen molar-refractivity contribution in [2.24, 2.45) is 5.18 Å². The molecule has 2 aliphatic heterocycles. The van der Waals surface area contributed by atoms with Crippen LogP contribution in [0.1, 0.15) is 33.1 Å². The summed E-state index contributed by atoms with van der Waals surface area (Å²) >= 11 is 0. The Bertz CT molecular complexity index is 1010. The number of hydrogen-bond donors (Lipinski definition) is 3. The minimum Gasteiger partial charge on any atom is -0.505 e. The van der Waals surface area contributed by atoms with Gasteiger partial charge in [-0.3, -0.25) is 10.3 Å². The Labute approximate surface area is 226 Å². The van der Waals surface area contributed by atoms with Crippen molar-refractivity contribution >= 4 is 29.7 Å². The number of piperazine rings is 1. The minimum atomic E-state index is -0.105. The molecular formula is C28H42N6O4. The van der Waals surface area contributed by atoms with Gasteiger partial charge in [-0.05, 0) is 68.7 Å². The highest BCUT2D eigenvalue weighted by Crippen LogP contribution is 2.28. The van der Waals surface area contributed by atoms with Crippen LogP contribution in [0.3, 0.4) is 0 Å². The Morgan fingerprint density at radius 1 is 1.11 bits per heavy atom. The number of phenols is 1. The Kier molecular flexibility index (Phi) is 13.1. The summed E-state index contributed by atoms with van der Waals surface area (Å²) in [5.74, 6) is 1.64. The third-order valence-electron chi connectivity index (χ3n) is 6.69. The highest BCUT2D eigenvalue weighted by molar-refractivity contribution is 5.81. The molecule has 2 saturated heterocycles. The third kappa shape index (κ3) is 9.33. The Morgan fingerprint density at radius 3 is 2.37 bits per heavy atom. The molecule has 0 aliphatic carbocycles. The lowest BCUT2D eigenvalue weighted by Gasteiger charge is -2.38. The smallest absolute Gasteiger partial charge is 0.149 e. The highest BCUT2D eigenvalue weighted by Gasteiger charge is 2.22. The molecule has 3 N–H and O–H groups in total. The molecule has 0 spiro atoms. The van der Waals surface area contributed by atoms with E-state index >= 15 is 0 Å². The molecule has 208 valence electrons. The summed E-state index contributed by atoms with van der Waals surface area (Å²) in [6.45, 7) is 13.2. The van der Waals surface area contributed by atoms with Gasteiger partial charge in [-0.1, -0.05) is 13.0 Å². The molecule has 2 aromatic rings. The summed E-state index contributed by atoms with van der Waals surface area (Å²) in [5.41, 5.74) is 2.03. The Morgan fingerprint density at radius 2 is 1.79 bits per heavy atom. The first kappa shape index (κ1) is 30.6. The van der Waals surface area contributed by atoms with E-state index in [1.165, 1.54) is 30.7 Å². The molecule has 2 aliphatic rings. The van der Waals surface area contributed by atoms with Crippen LogP contribution in [0.5, 0.6) is 11.5 Å². The predicted octanol–water partition coefficient (Wildman–Crippen LogP) is 4.71. The fourth-order valence-electron chi connectivity index (χ4n) is 4.31. The summed E-state index contributed by atoms with van der Waals surface area (Å²) in [7, 11) is 1.72. The SMILES string of the molecule is C=O.CCC(C)Oc1cccc(N2CCN(C(=N)CN3CCCC3)CC2)c1.CNc1ccc(N=O)c(O)c1. The first-order valence-electron chi connectivity index (χ1n) is 13.1. The van der Waals surface area contributed by atoms with Gasteiger partial charge < -0.3 is 29.8 Å². The van der Waals surface area contributed by atoms with E-state index in [1.807, 2.05) is 12.9 Å². The molecule has 10 nitrogen and oxygen atoms in total. The molecule has 0 saturated carbocycles. The van der Waals surface area contributed by atoms with Gasteiger partial charge in [0, 0.05) is 56.7 Å². The molecule has 2 aromatic carbocycles. The number of nitrogens with zero attached hydrogens (tertiary/aromatic N) is 4. The number of carbonyl (C=O) groups excluding carboxylic acids is 1. The van der Waals surface area contributed by atoms with Crippen molar-refractivity contribution in [2.45, 2.75) is 39.2 Å². The summed E-state index contributed by atoms with van der Waals surface area (Å²) in [6.07, 6.45) is 3.84. The molecule has 10 heteroatoms. The molecule has 0 bridgehead atoms. The lowest BCUT2D eigenvalue weighted by molar-refractivity contribution is -0.0980. The van der Waals surface area contributed by atoms with Gasteiger partial charge in [0.05, 0.1) is 12.6 Å². The van der Waals surface area contributed by atoms with Gasteiger partial charge in [-0.15, -0.1) is 4.91 Å². The van der Waals surface area contributed by atoms with Crippen LogP contribution in [0.4, 0.5) is 17.1 Å². The number of aromatic hydroxyl groups is 1. The molecule has 1 unspecified atom stereocenters. The maximum Gasteiger partial charge on any atom is 0.149 e. The predicted molar refractivity (Wildman–Crippen MR) is 154 cm³/mol. The number of carbonyl (C=O) groups is 1. The van der Waals surface area contributed by atoms with Crippen molar-refractivity contribution in [3.05, 3.63) is 47.4 Å². The average molecular weight is 527 g/mol. The van der Waals surface area contributed by atoms with Gasteiger partial charge in [0.25, 0.3) is 0 Å². The zero-order valence-corrected chi connectivity index (χ0v) is 22.9. The number of hydrogen-bond acceptors (Lipinski definition) is 9. The lowest BCUT2D eigenvalue weighted by atomic mass is 10.2. The maximum absolute atomic E-state index is 10.00. The van der Waals surface area contributed by atoms with E-state index in [1.54, 1.807) is 13.1 Å². The quantitative estimate of drug-likeness (QED) is 0.257. The molecule has 2 fully saturated rings. The van der Waals surface area contributed by atoms with E-state index in [0.29, 0.717) is 0 Å². The molecule has 2 heterocycles. The van der Waals surface area contributed by atoms with E-state index < -0.39 is 0 Å². The topological polar surface area (TPSA) is 122 Å². The second kappa shape index (κ2) is 16.2. The fourth-order valence-corrected chi connectivity index (χ4v) is 4.31. The second-order valence-electron chi connectivity index (χ2n) is 9.28. The average Bonchev–Trinajstić information content (AvgIpc) is 3.47. The molecule has 38 heavy (non-hydrogen) atoms. The number of rotatable bonds is 8. The Hall–Kier alpha value is -3.66. The first-order chi connectivity index (χ1) is 18.4. The van der Waals surface area contributed by atoms with Crippen LogP contribution in [0, 0.1) is 10.3 Å². The van der Waals surface area contributed by atoms with Gasteiger partial charge in [0.2, 0.25) is 0 Å². The molecular weight excluding hydrogens is 484 g/mol. The molecule has 4 rings (SSSR count). The van der Waals surface area contributed by atoms with Crippen molar-refractivity contribution in [2.75, 3.05) is 63.1 Å². The van der Waals surface area contributed by atoms with Gasteiger partial charge >= 0.3 is 0 Å². The number of anilines is 2. The molecule has 0 radical (unpaired) electrons. The van der Waals surface area contributed by atoms with Crippen LogP contribution in [0.2, 0.25) is 0 Å². The van der Waals surface area contributed by atoms with E-state index in [-0.39, 0.29) is 17.5 Å². The number of nitroso groups, excluding NO2 is 1. The van der Waals surface area contributed by atoms with Gasteiger partial charge in [0.15, 0.2) is 0 Å². The first-order valence-corrected chi connectivity index (χ1v) is 13.1. The van der Waals surface area contributed by atoms with E-state index in [4.69, 9.17) is 20.0 Å². The van der Waals surface area contributed by atoms with Crippen LogP contribution < -0.4 is 15.0 Å². The van der Waals surface area contributed by atoms with Gasteiger partial charge in [-0.2, -0.15) is 0 Å². The standard InChI is InChI=1S/C20H32N4O.C7H8N2O2.CH2O/c1-3-17(2)25-19-8-6-7-18(15-19)23-11-13-24(14-12-23)20(21)16-22-9-4-5-10-22;1-8-5-2-3-6(9-11)7(10)4-5;1-2/h6-8,15,17,21H,3-5,9-14,16H2,1-2H3;2-4,8,10H,1H3;1H2. The summed E-state index contributed by atoms with van der Waals surface area (Å²) in [4.78, 5) is 25.1. The van der Waals surface area contributed by atoms with Crippen molar-refractivity contribution in [3.8, 4) is 11.5 Å². The number of amidine groups is 1. The largest absolute Gasteiger partial charge is 0.505 e. The normalized spacial score (nSPS) is 15.9. The van der Waals surface area contributed by atoms with Crippen molar-refractivity contribution in [1.82, 2.24) is 9.80 Å². The van der Waals surface area contributed by atoms with E-state index in [2.05, 4.69) is 57.2 Å². The molecule has 1 atom stereocenters. The van der Waals surface area contributed by atoms with Crippen LogP contribution >= 0.6 is 0 Å². The monoisotopic (exact) mass is 526 g/mol. The summed E-state index contributed by atoms with van der Waals surface area (Å²) < 4.78 is 5.95. The van der Waals surface area contributed by atoms with Gasteiger partial charge in [0.1, 0.15) is 29.8 Å².